The van der Waals surface area contributed by atoms with Gasteiger partial charge in [0.15, 0.2) is 0 Å². The summed E-state index contributed by atoms with van der Waals surface area (Å²) < 4.78 is 6.06. The van der Waals surface area contributed by atoms with Crippen molar-refractivity contribution in [2.45, 2.75) is 38.0 Å². The van der Waals surface area contributed by atoms with Gasteiger partial charge in [0.05, 0.1) is 31.2 Å². The number of aromatic amines is 1. The van der Waals surface area contributed by atoms with Crippen LogP contribution in [0.5, 0.6) is 0 Å². The summed E-state index contributed by atoms with van der Waals surface area (Å²) in [4.78, 5) is 22.0. The number of carbonyl (C=O) groups is 1. The highest BCUT2D eigenvalue weighted by atomic mass is 16.5. The van der Waals surface area contributed by atoms with Crippen LogP contribution in [0.4, 0.5) is 0 Å². The summed E-state index contributed by atoms with van der Waals surface area (Å²) in [5, 5.41) is 3.17. The van der Waals surface area contributed by atoms with Crippen LogP contribution in [-0.4, -0.2) is 52.6 Å². The van der Waals surface area contributed by atoms with Gasteiger partial charge < -0.3 is 15.0 Å². The lowest BCUT2D eigenvalue weighted by molar-refractivity contribution is -0.121. The third-order valence-corrected chi connectivity index (χ3v) is 5.22. The normalized spacial score (nSPS) is 26.4. The van der Waals surface area contributed by atoms with Crippen molar-refractivity contribution in [3.63, 3.8) is 0 Å². The Morgan fingerprint density at radius 1 is 1.36 bits per heavy atom. The molecule has 1 aromatic carbocycles. The molecule has 2 aliphatic heterocycles. The molecule has 1 aromatic heterocycles. The van der Waals surface area contributed by atoms with Crippen LogP contribution in [0.25, 0.3) is 0 Å². The second kappa shape index (κ2) is 6.98. The molecule has 0 radical (unpaired) electrons. The third kappa shape index (κ3) is 3.60. The number of H-pyrrole nitrogens is 1. The lowest BCUT2D eigenvalue weighted by Gasteiger charge is -2.35. The van der Waals surface area contributed by atoms with E-state index in [1.165, 1.54) is 5.56 Å². The minimum absolute atomic E-state index is 0.0422. The standard InChI is InChI=1S/C19H24N4O2/c1-13-17(21-12-20-13)8-19(24)22-15-7-16-11-25-18(10-23(16)9-15)14-5-3-2-4-6-14/h2-6,12,15-16,18H,7-11H2,1H3,(H,20,21)(H,22,24)/t15-,16-,18+/m0/s1. The van der Waals surface area contributed by atoms with Gasteiger partial charge in [-0.15, -0.1) is 0 Å². The van der Waals surface area contributed by atoms with E-state index in [1.54, 1.807) is 6.33 Å². The number of imidazole rings is 1. The predicted octanol–water partition coefficient (Wildman–Crippen LogP) is 1.59. The van der Waals surface area contributed by atoms with Gasteiger partial charge in [0.2, 0.25) is 5.91 Å². The Bertz CT molecular complexity index is 730. The Morgan fingerprint density at radius 3 is 2.96 bits per heavy atom. The first-order chi connectivity index (χ1) is 12.2. The first kappa shape index (κ1) is 16.3. The molecule has 1 amide bonds. The van der Waals surface area contributed by atoms with Gasteiger partial charge in [-0.05, 0) is 18.9 Å². The zero-order valence-electron chi connectivity index (χ0n) is 14.4. The third-order valence-electron chi connectivity index (χ3n) is 5.22. The summed E-state index contributed by atoms with van der Waals surface area (Å²) >= 11 is 0. The second-order valence-electron chi connectivity index (χ2n) is 6.99. The summed E-state index contributed by atoms with van der Waals surface area (Å²) in [5.74, 6) is 0.0422. The fraction of sp³-hybridized carbons (Fsp3) is 0.474. The maximum Gasteiger partial charge on any atom is 0.226 e. The quantitative estimate of drug-likeness (QED) is 0.887. The van der Waals surface area contributed by atoms with Crippen molar-refractivity contribution in [1.82, 2.24) is 20.2 Å². The lowest BCUT2D eigenvalue weighted by atomic mass is 10.1. The smallest absolute Gasteiger partial charge is 0.226 e. The Labute approximate surface area is 147 Å². The molecule has 0 unspecified atom stereocenters. The Morgan fingerprint density at radius 2 is 2.20 bits per heavy atom. The lowest BCUT2D eigenvalue weighted by Crippen LogP contribution is -2.43. The molecule has 2 aliphatic rings. The minimum Gasteiger partial charge on any atom is -0.371 e. The first-order valence-electron chi connectivity index (χ1n) is 8.88. The number of amides is 1. The molecule has 4 rings (SSSR count). The van der Waals surface area contributed by atoms with E-state index in [0.29, 0.717) is 12.5 Å². The highest BCUT2D eigenvalue weighted by molar-refractivity contribution is 5.78. The topological polar surface area (TPSA) is 70.2 Å². The molecule has 25 heavy (non-hydrogen) atoms. The largest absolute Gasteiger partial charge is 0.371 e. The van der Waals surface area contributed by atoms with E-state index in [-0.39, 0.29) is 18.1 Å². The molecular formula is C19H24N4O2. The number of rotatable bonds is 4. The van der Waals surface area contributed by atoms with Gasteiger partial charge in [0, 0.05) is 30.9 Å². The van der Waals surface area contributed by atoms with Gasteiger partial charge in [0.25, 0.3) is 0 Å². The highest BCUT2D eigenvalue weighted by Gasteiger charge is 2.38. The Balaban J connectivity index is 1.32. The molecule has 2 N–H and O–H groups in total. The van der Waals surface area contributed by atoms with Crippen molar-refractivity contribution in [1.29, 1.82) is 0 Å². The van der Waals surface area contributed by atoms with Crippen LogP contribution in [0, 0.1) is 6.92 Å². The molecule has 2 fully saturated rings. The molecule has 0 aliphatic carbocycles. The number of nitrogens with one attached hydrogen (secondary N) is 2. The summed E-state index contributed by atoms with van der Waals surface area (Å²) in [5.41, 5.74) is 3.00. The molecule has 132 valence electrons. The number of aryl methyl sites for hydroxylation is 1. The van der Waals surface area contributed by atoms with Gasteiger partial charge in [0.1, 0.15) is 0 Å². The molecule has 2 aromatic rings. The van der Waals surface area contributed by atoms with Crippen LogP contribution in [0.3, 0.4) is 0 Å². The SMILES string of the molecule is Cc1[nH]cnc1CC(=O)N[C@H]1C[C@H]2CO[C@@H](c3ccccc3)CN2C1. The number of carbonyl (C=O) groups excluding carboxylic acids is 1. The average molecular weight is 340 g/mol. The zero-order valence-corrected chi connectivity index (χ0v) is 14.4. The van der Waals surface area contributed by atoms with Crippen molar-refractivity contribution >= 4 is 5.91 Å². The van der Waals surface area contributed by atoms with Gasteiger partial charge in [-0.2, -0.15) is 0 Å². The predicted molar refractivity (Wildman–Crippen MR) is 94.1 cm³/mol. The number of benzene rings is 1. The van der Waals surface area contributed by atoms with E-state index in [2.05, 4.69) is 44.5 Å². The number of aromatic nitrogens is 2. The van der Waals surface area contributed by atoms with E-state index in [1.807, 2.05) is 13.0 Å². The Hall–Kier alpha value is -2.18. The van der Waals surface area contributed by atoms with Crippen LogP contribution in [0.1, 0.15) is 29.5 Å². The van der Waals surface area contributed by atoms with E-state index < -0.39 is 0 Å². The Kier molecular flexibility index (Phi) is 4.55. The van der Waals surface area contributed by atoms with Gasteiger partial charge in [-0.1, -0.05) is 30.3 Å². The molecular weight excluding hydrogens is 316 g/mol. The van der Waals surface area contributed by atoms with E-state index in [0.717, 1.165) is 37.5 Å². The summed E-state index contributed by atoms with van der Waals surface area (Å²) in [6, 6.07) is 11.0. The van der Waals surface area contributed by atoms with Crippen LogP contribution >= 0.6 is 0 Å². The zero-order chi connectivity index (χ0) is 17.2. The van der Waals surface area contributed by atoms with E-state index >= 15 is 0 Å². The number of morpholine rings is 1. The number of nitrogens with zero attached hydrogens (tertiary/aromatic N) is 2. The molecule has 0 bridgehead atoms. The molecule has 2 saturated heterocycles. The second-order valence-corrected chi connectivity index (χ2v) is 6.99. The van der Waals surface area contributed by atoms with Crippen molar-refractivity contribution in [2.24, 2.45) is 0 Å². The van der Waals surface area contributed by atoms with Crippen LogP contribution < -0.4 is 5.32 Å². The molecule has 0 saturated carbocycles. The molecule has 6 heteroatoms. The van der Waals surface area contributed by atoms with E-state index in [4.69, 9.17) is 4.74 Å². The number of ether oxygens (including phenoxy) is 1. The van der Waals surface area contributed by atoms with Gasteiger partial charge in [-0.25, -0.2) is 4.98 Å². The molecule has 0 spiro atoms. The summed E-state index contributed by atoms with van der Waals surface area (Å²) in [6.45, 7) is 4.44. The summed E-state index contributed by atoms with van der Waals surface area (Å²) in [7, 11) is 0. The maximum atomic E-state index is 12.3. The van der Waals surface area contributed by atoms with E-state index in [9.17, 15) is 4.79 Å². The number of hydrogen-bond donors (Lipinski definition) is 2. The number of hydrogen-bond acceptors (Lipinski definition) is 4. The van der Waals surface area contributed by atoms with Gasteiger partial charge in [-0.3, -0.25) is 9.69 Å². The van der Waals surface area contributed by atoms with Crippen LogP contribution in [0.15, 0.2) is 36.7 Å². The first-order valence-corrected chi connectivity index (χ1v) is 8.88. The minimum atomic E-state index is 0.0422. The maximum absolute atomic E-state index is 12.3. The van der Waals surface area contributed by atoms with Crippen molar-refractivity contribution in [3.8, 4) is 0 Å². The van der Waals surface area contributed by atoms with Crippen molar-refractivity contribution in [2.75, 3.05) is 19.7 Å². The summed E-state index contributed by atoms with van der Waals surface area (Å²) in [6.07, 6.45) is 3.04. The average Bonchev–Trinajstić information content (AvgIpc) is 3.20. The molecule has 3 heterocycles. The van der Waals surface area contributed by atoms with Crippen molar-refractivity contribution in [3.05, 3.63) is 53.6 Å². The number of fused-ring (bicyclic) bond motifs is 1. The monoisotopic (exact) mass is 340 g/mol. The molecule has 3 atom stereocenters. The fourth-order valence-corrected chi connectivity index (χ4v) is 3.84. The van der Waals surface area contributed by atoms with Crippen LogP contribution in [0.2, 0.25) is 0 Å². The van der Waals surface area contributed by atoms with Gasteiger partial charge >= 0.3 is 0 Å². The highest BCUT2D eigenvalue weighted by Crippen LogP contribution is 2.30. The van der Waals surface area contributed by atoms with Crippen molar-refractivity contribution < 1.29 is 9.53 Å². The van der Waals surface area contributed by atoms with Crippen LogP contribution in [-0.2, 0) is 16.0 Å². The fourth-order valence-electron chi connectivity index (χ4n) is 3.84. The molecule has 6 nitrogen and oxygen atoms in total.